The van der Waals surface area contributed by atoms with Crippen molar-refractivity contribution >= 4 is 99.8 Å². The van der Waals surface area contributed by atoms with Crippen LogP contribution in [0.15, 0.2) is 273 Å². The van der Waals surface area contributed by atoms with Crippen molar-refractivity contribution < 1.29 is 0 Å². The molecule has 13 aromatic rings. The van der Waals surface area contributed by atoms with Gasteiger partial charge in [0.25, 0.3) is 0 Å². The molecular weight excluding hydrogens is 915 g/mol. The lowest BCUT2D eigenvalue weighted by Crippen LogP contribution is -2.74. The van der Waals surface area contributed by atoms with Crippen LogP contribution in [0.4, 0.5) is 0 Å². The van der Waals surface area contributed by atoms with Crippen LogP contribution >= 0.6 is 10.7 Å². The van der Waals surface area contributed by atoms with Gasteiger partial charge < -0.3 is 0 Å². The third-order valence-corrected chi connectivity index (χ3v) is 33.0. The number of nitrogens with zero attached hydrogens (tertiary/aromatic N) is 5. The minimum Gasteiger partial charge on any atom is -0.278 e. The van der Waals surface area contributed by atoms with Crippen molar-refractivity contribution in [1.29, 1.82) is 0 Å². The molecule has 0 fully saturated rings. The second kappa shape index (κ2) is 17.8. The Bertz CT molecular complexity index is 3660. The lowest BCUT2D eigenvalue weighted by molar-refractivity contribution is 0.893. The molecule has 0 unspecified atom stereocenters. The van der Waals surface area contributed by atoms with Gasteiger partial charge in [-0.1, -0.05) is 249 Å². The van der Waals surface area contributed by atoms with Gasteiger partial charge in [0.15, 0.2) is 5.82 Å². The fourth-order valence-electron chi connectivity index (χ4n) is 10.8. The second-order valence-corrected chi connectivity index (χ2v) is 30.4. The number of para-hydroxylation sites is 4. The van der Waals surface area contributed by atoms with E-state index in [4.69, 9.17) is 15.0 Å². The van der Waals surface area contributed by atoms with Crippen molar-refractivity contribution in [3.05, 3.63) is 273 Å². The minimum absolute atomic E-state index is 0.558. The molecule has 0 aliphatic rings. The number of fused-ring (bicyclic) bond motifs is 6. The summed E-state index contributed by atoms with van der Waals surface area (Å²) in [5, 5.41) is 12.5. The average molecular weight is 960 g/mol. The van der Waals surface area contributed by atoms with Crippen LogP contribution in [-0.2, 0) is 0 Å². The molecule has 0 bridgehead atoms. The molecule has 0 saturated heterocycles. The van der Waals surface area contributed by atoms with Crippen LogP contribution in [0.2, 0.25) is 0 Å². The molecule has 0 spiro atoms. The highest BCUT2D eigenvalue weighted by Crippen LogP contribution is 2.36. The first kappa shape index (κ1) is 42.7. The molecule has 0 aliphatic carbocycles. The summed E-state index contributed by atoms with van der Waals surface area (Å²) >= 11 is 0. The summed E-state index contributed by atoms with van der Waals surface area (Å²) in [6.07, 6.45) is 0. The molecule has 0 amide bonds. The van der Waals surface area contributed by atoms with Gasteiger partial charge >= 0.3 is 0 Å². The summed E-state index contributed by atoms with van der Waals surface area (Å²) in [4.78, 5) is 16.6. The molecule has 3 aromatic heterocycles. The number of benzene rings is 10. The smallest absolute Gasteiger partial charge is 0.240 e. The van der Waals surface area contributed by atoms with E-state index in [1.807, 2.05) is 0 Å². The van der Waals surface area contributed by atoms with E-state index in [2.05, 4.69) is 293 Å². The van der Waals surface area contributed by atoms with Gasteiger partial charge in [0.05, 0.1) is 22.1 Å². The largest absolute Gasteiger partial charge is 0.278 e. The first-order valence-corrected chi connectivity index (χ1v) is 30.3. The highest BCUT2D eigenvalue weighted by Gasteiger charge is 2.52. The molecule has 10 aromatic carbocycles. The van der Waals surface area contributed by atoms with Gasteiger partial charge in [0, 0.05) is 27.1 Å². The Hall–Kier alpha value is -8.41. The van der Waals surface area contributed by atoms with Crippen molar-refractivity contribution in [2.24, 2.45) is 0 Å². The summed E-state index contributed by atoms with van der Waals surface area (Å²) in [7, 11) is -3.89. The summed E-state index contributed by atoms with van der Waals surface area (Å²) < 4.78 is 4.42. The Morgan fingerprint density at radius 3 is 0.887 bits per heavy atom. The van der Waals surface area contributed by atoms with E-state index in [9.17, 15) is 0 Å². The van der Waals surface area contributed by atoms with E-state index in [-0.39, 0.29) is 0 Å². The third-order valence-electron chi connectivity index (χ3n) is 13.9. The second-order valence-electron chi connectivity index (χ2n) is 17.9. The molecule has 0 aliphatic heterocycles. The van der Waals surface area contributed by atoms with Gasteiger partial charge in [-0.25, -0.2) is 0 Å². The molecule has 3 heterocycles. The maximum Gasteiger partial charge on any atom is 0.240 e. The van der Waals surface area contributed by atoms with Crippen LogP contribution in [-0.4, -0.2) is 38.5 Å². The highest BCUT2D eigenvalue weighted by molar-refractivity contribution is 8.55. The summed E-state index contributed by atoms with van der Waals surface area (Å²) in [6, 6.07) is 99.8. The number of hydrogen-bond acceptors (Lipinski definition) is 4. The Kier molecular flexibility index (Phi) is 10.7. The van der Waals surface area contributed by atoms with E-state index in [1.54, 1.807) is 0 Å². The van der Waals surface area contributed by atoms with Crippen LogP contribution in [0, 0.1) is 0 Å². The van der Waals surface area contributed by atoms with Gasteiger partial charge in [-0.2, -0.15) is 25.6 Å². The lowest BCUT2D eigenvalue weighted by Gasteiger charge is -2.43. The fourth-order valence-corrected chi connectivity index (χ4v) is 34.4. The summed E-state index contributed by atoms with van der Waals surface area (Å²) in [5.74, 6) is 1.71. The maximum absolute atomic E-state index is 5.55. The van der Waals surface area contributed by atoms with E-state index >= 15 is 0 Å². The average Bonchev–Trinajstić information content (AvgIpc) is 3.98. The molecule has 0 radical (unpaired) electrons. The number of aromatic nitrogens is 5. The molecule has 336 valence electrons. The molecule has 71 heavy (non-hydrogen) atoms. The molecule has 8 heteroatoms. The Labute approximate surface area is 417 Å². The molecule has 5 nitrogen and oxygen atoms in total. The van der Waals surface area contributed by atoms with Gasteiger partial charge in [0.2, 0.25) is 26.3 Å². The van der Waals surface area contributed by atoms with Crippen molar-refractivity contribution in [2.75, 3.05) is 0 Å². The van der Waals surface area contributed by atoms with Gasteiger partial charge in [0.1, 0.15) is 0 Å². The number of rotatable bonds is 11. The Morgan fingerprint density at radius 1 is 0.268 bits per heavy atom. The van der Waals surface area contributed by atoms with Gasteiger partial charge in [-0.15, -0.1) is 0 Å². The zero-order chi connectivity index (χ0) is 47.2. The van der Waals surface area contributed by atoms with Crippen LogP contribution in [0.5, 0.6) is 0 Å². The molecule has 0 saturated carbocycles. The van der Waals surface area contributed by atoms with E-state index in [0.29, 0.717) is 17.7 Å². The first-order chi connectivity index (χ1) is 35.2. The predicted octanol–water partition coefficient (Wildman–Crippen LogP) is 11.1. The minimum atomic E-state index is -3.15. The van der Waals surface area contributed by atoms with Gasteiger partial charge in [-0.3, -0.25) is 9.13 Å². The normalized spacial score (nSPS) is 12.0. The van der Waals surface area contributed by atoms with Crippen LogP contribution in [0.3, 0.4) is 0 Å². The van der Waals surface area contributed by atoms with E-state index in [0.717, 1.165) is 49.2 Å². The van der Waals surface area contributed by atoms with Crippen LogP contribution in [0.25, 0.3) is 66.9 Å². The monoisotopic (exact) mass is 959 g/mol. The van der Waals surface area contributed by atoms with Crippen molar-refractivity contribution in [3.63, 3.8) is 0 Å². The zero-order valence-corrected chi connectivity index (χ0v) is 41.4. The number of hydrogen-bond donors (Lipinski definition) is 0. The van der Waals surface area contributed by atoms with E-state index in [1.165, 1.54) is 31.1 Å². The zero-order valence-electron chi connectivity index (χ0n) is 38.6. The Morgan fingerprint density at radius 2 is 0.549 bits per heavy atom. The first-order valence-electron chi connectivity index (χ1n) is 24.0. The fraction of sp³-hybridized carbons (Fsp3) is 0. The standard InChI is InChI=1S/C63H45N5SSi2/c1-6-26-47(27-7-1)70(48-28-8-2-9-29-48,49-30-10-3-11-31-49)69-71(50-32-12-4-13-33-50,51-34-14-5-15-35-51)52-36-24-25-46(45-52)61-64-62(67-57-41-20-16-37-53(57)54-38-17-21-42-58(54)67)66-63(65-61)68-59-43-22-18-39-55(59)56-40-19-23-44-60(56)68/h1-45H. The third kappa shape index (κ3) is 7.09. The molecule has 0 N–H and O–H groups in total. The van der Waals surface area contributed by atoms with Crippen molar-refractivity contribution in [3.8, 4) is 23.3 Å². The van der Waals surface area contributed by atoms with E-state index < -0.39 is 14.4 Å². The quantitative estimate of drug-likeness (QED) is 0.0957. The van der Waals surface area contributed by atoms with Crippen LogP contribution < -0.4 is 31.1 Å². The molecule has 0 atom stereocenters. The molecule has 13 rings (SSSR count). The molecular formula is C63H45N5SSi2. The predicted molar refractivity (Wildman–Crippen MR) is 303 cm³/mol. The van der Waals surface area contributed by atoms with Crippen LogP contribution in [0.1, 0.15) is 0 Å². The van der Waals surface area contributed by atoms with Crippen molar-refractivity contribution in [1.82, 2.24) is 24.1 Å². The van der Waals surface area contributed by atoms with Crippen molar-refractivity contribution in [2.45, 2.75) is 0 Å². The summed E-state index contributed by atoms with van der Waals surface area (Å²) in [6.45, 7) is 0. The SMILES string of the molecule is c1ccc([Si](S[Si](c2ccccc2)(c2ccccc2)c2cccc(-c3nc(-n4c5ccccc5c5ccccc54)nc(-n4c5ccccc5c5ccccc54)n3)c2)(c2ccccc2)c2ccccc2)cc1. The topological polar surface area (TPSA) is 48.5 Å². The highest BCUT2D eigenvalue weighted by atomic mass is 32.5. The van der Waals surface area contributed by atoms with Gasteiger partial charge in [-0.05, 0) is 55.4 Å². The summed E-state index contributed by atoms with van der Waals surface area (Å²) in [5.41, 5.74) is 5.06. The maximum atomic E-state index is 5.55. The Balaban J connectivity index is 1.11. The lowest BCUT2D eigenvalue weighted by atomic mass is 10.2.